The van der Waals surface area contributed by atoms with Crippen molar-refractivity contribution in [2.24, 2.45) is 5.73 Å². The SMILES string of the molecule is COC1(CNc2ccc(C(N)=S)c(C)c2)CCOC1. The summed E-state index contributed by atoms with van der Waals surface area (Å²) in [5.41, 5.74) is 8.48. The van der Waals surface area contributed by atoms with Gasteiger partial charge in [0.25, 0.3) is 0 Å². The molecule has 3 N–H and O–H groups in total. The molecule has 0 bridgehead atoms. The number of ether oxygens (including phenoxy) is 2. The lowest BCUT2D eigenvalue weighted by atomic mass is 10.0. The minimum atomic E-state index is -0.213. The Balaban J connectivity index is 2.03. The summed E-state index contributed by atoms with van der Waals surface area (Å²) >= 11 is 5.00. The van der Waals surface area contributed by atoms with Crippen molar-refractivity contribution in [3.63, 3.8) is 0 Å². The van der Waals surface area contributed by atoms with E-state index in [9.17, 15) is 0 Å². The molecule has 1 saturated heterocycles. The average Bonchev–Trinajstić information content (AvgIpc) is 2.85. The van der Waals surface area contributed by atoms with E-state index in [1.165, 1.54) is 0 Å². The highest BCUT2D eigenvalue weighted by Gasteiger charge is 2.34. The van der Waals surface area contributed by atoms with Gasteiger partial charge in [0, 0.05) is 37.9 Å². The van der Waals surface area contributed by atoms with Crippen LogP contribution in [0.5, 0.6) is 0 Å². The molecule has 1 aliphatic rings. The van der Waals surface area contributed by atoms with Crippen molar-refractivity contribution in [3.8, 4) is 0 Å². The van der Waals surface area contributed by atoms with E-state index in [2.05, 4.69) is 5.32 Å². The van der Waals surface area contributed by atoms with Crippen molar-refractivity contribution >= 4 is 22.9 Å². The maximum absolute atomic E-state index is 5.66. The summed E-state index contributed by atoms with van der Waals surface area (Å²) in [4.78, 5) is 0.432. The summed E-state index contributed by atoms with van der Waals surface area (Å²) in [5.74, 6) is 0. The van der Waals surface area contributed by atoms with E-state index in [1.54, 1.807) is 7.11 Å². The maximum atomic E-state index is 5.66. The molecule has 1 aromatic rings. The van der Waals surface area contributed by atoms with E-state index in [1.807, 2.05) is 25.1 Å². The van der Waals surface area contributed by atoms with Gasteiger partial charge in [0.05, 0.1) is 6.61 Å². The molecule has 1 atom stereocenters. The van der Waals surface area contributed by atoms with Crippen molar-refractivity contribution in [2.45, 2.75) is 18.9 Å². The van der Waals surface area contributed by atoms with Crippen LogP contribution in [0.15, 0.2) is 18.2 Å². The number of aryl methyl sites for hydroxylation is 1. The Kier molecular flexibility index (Phi) is 4.39. The third-order valence-corrected chi connectivity index (χ3v) is 3.83. The second-order valence-electron chi connectivity index (χ2n) is 4.94. The van der Waals surface area contributed by atoms with E-state index in [4.69, 9.17) is 27.4 Å². The van der Waals surface area contributed by atoms with Crippen LogP contribution in [0, 0.1) is 6.92 Å². The van der Waals surface area contributed by atoms with Gasteiger partial charge in [-0.2, -0.15) is 0 Å². The fourth-order valence-corrected chi connectivity index (χ4v) is 2.50. The molecule has 2 rings (SSSR count). The first-order valence-electron chi connectivity index (χ1n) is 6.33. The van der Waals surface area contributed by atoms with Gasteiger partial charge < -0.3 is 20.5 Å². The quantitative estimate of drug-likeness (QED) is 0.806. The highest BCUT2D eigenvalue weighted by atomic mass is 32.1. The molecular formula is C14H20N2O2S. The molecule has 104 valence electrons. The van der Waals surface area contributed by atoms with Crippen LogP contribution in [0.2, 0.25) is 0 Å². The summed E-state index contributed by atoms with van der Waals surface area (Å²) in [6, 6.07) is 5.99. The predicted octanol–water partition coefficient (Wildman–Crippen LogP) is 1.85. The summed E-state index contributed by atoms with van der Waals surface area (Å²) in [5, 5.41) is 3.40. The van der Waals surface area contributed by atoms with Gasteiger partial charge in [0.15, 0.2) is 0 Å². The molecule has 0 aliphatic carbocycles. The normalized spacial score (nSPS) is 22.4. The third-order valence-electron chi connectivity index (χ3n) is 3.61. The van der Waals surface area contributed by atoms with Crippen molar-refractivity contribution in [1.29, 1.82) is 0 Å². The van der Waals surface area contributed by atoms with Gasteiger partial charge in [-0.25, -0.2) is 0 Å². The first-order chi connectivity index (χ1) is 9.06. The second kappa shape index (κ2) is 5.86. The van der Waals surface area contributed by atoms with Crippen LogP contribution in [-0.2, 0) is 9.47 Å². The minimum absolute atomic E-state index is 0.213. The standard InChI is InChI=1S/C14H20N2O2S/c1-10-7-11(3-4-12(10)13(15)19)16-8-14(17-2)5-6-18-9-14/h3-4,7,16H,5-6,8-9H2,1-2H3,(H2,15,19). The Morgan fingerprint density at radius 3 is 2.89 bits per heavy atom. The van der Waals surface area contributed by atoms with Crippen LogP contribution in [0.4, 0.5) is 5.69 Å². The molecule has 5 heteroatoms. The Hall–Kier alpha value is -1.17. The highest BCUT2D eigenvalue weighted by molar-refractivity contribution is 7.80. The largest absolute Gasteiger partial charge is 0.389 e. The van der Waals surface area contributed by atoms with Gasteiger partial charge in [-0.1, -0.05) is 12.2 Å². The average molecular weight is 280 g/mol. The number of thiocarbonyl (C=S) groups is 1. The van der Waals surface area contributed by atoms with Gasteiger partial charge in [-0.15, -0.1) is 0 Å². The fraction of sp³-hybridized carbons (Fsp3) is 0.500. The molecule has 1 aliphatic heterocycles. The number of benzene rings is 1. The third kappa shape index (κ3) is 3.23. The molecule has 1 heterocycles. The van der Waals surface area contributed by atoms with E-state index >= 15 is 0 Å². The molecule has 0 spiro atoms. The predicted molar refractivity (Wildman–Crippen MR) is 80.7 cm³/mol. The molecule has 1 fully saturated rings. The summed E-state index contributed by atoms with van der Waals surface area (Å²) in [7, 11) is 1.73. The molecule has 0 aromatic heterocycles. The Labute approximate surface area is 119 Å². The van der Waals surface area contributed by atoms with Crippen LogP contribution in [0.1, 0.15) is 17.5 Å². The van der Waals surface area contributed by atoms with Gasteiger partial charge >= 0.3 is 0 Å². The Morgan fingerprint density at radius 1 is 1.58 bits per heavy atom. The van der Waals surface area contributed by atoms with Crippen LogP contribution in [-0.4, -0.2) is 37.5 Å². The topological polar surface area (TPSA) is 56.5 Å². The zero-order valence-electron chi connectivity index (χ0n) is 11.4. The summed E-state index contributed by atoms with van der Waals surface area (Å²) < 4.78 is 11.0. The molecule has 4 nitrogen and oxygen atoms in total. The van der Waals surface area contributed by atoms with Crippen LogP contribution >= 0.6 is 12.2 Å². The molecule has 1 unspecified atom stereocenters. The second-order valence-corrected chi connectivity index (χ2v) is 5.38. The molecule has 19 heavy (non-hydrogen) atoms. The molecule has 1 aromatic carbocycles. The number of nitrogens with two attached hydrogens (primary N) is 1. The van der Waals surface area contributed by atoms with Crippen molar-refractivity contribution < 1.29 is 9.47 Å². The lowest BCUT2D eigenvalue weighted by Crippen LogP contribution is -2.39. The lowest BCUT2D eigenvalue weighted by molar-refractivity contribution is -0.00619. The van der Waals surface area contributed by atoms with Crippen LogP contribution in [0.25, 0.3) is 0 Å². The molecule has 0 saturated carbocycles. The number of methoxy groups -OCH3 is 1. The number of rotatable bonds is 5. The smallest absolute Gasteiger partial charge is 0.110 e. The first kappa shape index (κ1) is 14.2. The van der Waals surface area contributed by atoms with E-state index in [-0.39, 0.29) is 5.60 Å². The number of anilines is 1. The zero-order valence-corrected chi connectivity index (χ0v) is 12.2. The van der Waals surface area contributed by atoms with Gasteiger partial charge in [-0.3, -0.25) is 0 Å². The zero-order chi connectivity index (χ0) is 13.9. The lowest BCUT2D eigenvalue weighted by Gasteiger charge is -2.26. The van der Waals surface area contributed by atoms with Crippen molar-refractivity contribution in [3.05, 3.63) is 29.3 Å². The van der Waals surface area contributed by atoms with Crippen molar-refractivity contribution in [1.82, 2.24) is 0 Å². The van der Waals surface area contributed by atoms with Gasteiger partial charge in [-0.05, 0) is 30.7 Å². The molecule has 0 amide bonds. The van der Waals surface area contributed by atoms with E-state index in [0.29, 0.717) is 11.6 Å². The van der Waals surface area contributed by atoms with Gasteiger partial charge in [0.2, 0.25) is 0 Å². The number of hydrogen-bond acceptors (Lipinski definition) is 4. The minimum Gasteiger partial charge on any atom is -0.389 e. The Morgan fingerprint density at radius 2 is 2.37 bits per heavy atom. The molecule has 0 radical (unpaired) electrons. The Bertz CT molecular complexity index is 471. The van der Waals surface area contributed by atoms with Gasteiger partial charge in [0.1, 0.15) is 10.6 Å². The van der Waals surface area contributed by atoms with E-state index < -0.39 is 0 Å². The fourth-order valence-electron chi connectivity index (χ4n) is 2.27. The number of nitrogens with one attached hydrogen (secondary N) is 1. The van der Waals surface area contributed by atoms with E-state index in [0.717, 1.165) is 36.4 Å². The number of hydrogen-bond donors (Lipinski definition) is 2. The first-order valence-corrected chi connectivity index (χ1v) is 6.74. The van der Waals surface area contributed by atoms with Crippen LogP contribution in [0.3, 0.4) is 0 Å². The highest BCUT2D eigenvalue weighted by Crippen LogP contribution is 2.24. The van der Waals surface area contributed by atoms with Crippen molar-refractivity contribution in [2.75, 3.05) is 32.2 Å². The summed E-state index contributed by atoms with van der Waals surface area (Å²) in [6.07, 6.45) is 0.917. The monoisotopic (exact) mass is 280 g/mol. The van der Waals surface area contributed by atoms with Crippen LogP contribution < -0.4 is 11.1 Å². The maximum Gasteiger partial charge on any atom is 0.110 e. The molecular weight excluding hydrogens is 260 g/mol. The summed E-state index contributed by atoms with van der Waals surface area (Å²) in [6.45, 7) is 4.13.